The Hall–Kier alpha value is -2.25. The summed E-state index contributed by atoms with van der Waals surface area (Å²) in [5.41, 5.74) is 5.11. The number of benzene rings is 1. The SMILES string of the molecule is CCN(c1c(F)c(Br)cc2c(NCc3c(C)cc(C)nc3C)nccc12)C1CCC(N(C)C)CC1. The van der Waals surface area contributed by atoms with E-state index < -0.39 is 0 Å². The van der Waals surface area contributed by atoms with E-state index in [0.717, 1.165) is 60.2 Å². The maximum absolute atomic E-state index is 15.7. The summed E-state index contributed by atoms with van der Waals surface area (Å²) in [6.45, 7) is 9.68. The maximum Gasteiger partial charge on any atom is 0.161 e. The zero-order chi connectivity index (χ0) is 25.3. The van der Waals surface area contributed by atoms with Crippen molar-refractivity contribution >= 4 is 38.2 Å². The van der Waals surface area contributed by atoms with E-state index in [0.29, 0.717) is 28.8 Å². The van der Waals surface area contributed by atoms with Crippen molar-refractivity contribution in [2.45, 2.75) is 72.0 Å². The van der Waals surface area contributed by atoms with Crippen molar-refractivity contribution in [3.63, 3.8) is 0 Å². The van der Waals surface area contributed by atoms with Gasteiger partial charge in [0.05, 0.1) is 10.2 Å². The van der Waals surface area contributed by atoms with Crippen LogP contribution in [-0.4, -0.2) is 47.6 Å². The lowest BCUT2D eigenvalue weighted by Crippen LogP contribution is -2.42. The van der Waals surface area contributed by atoms with Gasteiger partial charge in [-0.15, -0.1) is 0 Å². The Balaban J connectivity index is 1.69. The largest absolute Gasteiger partial charge is 0.366 e. The van der Waals surface area contributed by atoms with E-state index in [1.807, 2.05) is 26.0 Å². The molecule has 1 N–H and O–H groups in total. The molecule has 188 valence electrons. The van der Waals surface area contributed by atoms with Crippen LogP contribution in [0.1, 0.15) is 55.1 Å². The molecular weight excluding hydrogens is 505 g/mol. The van der Waals surface area contributed by atoms with Gasteiger partial charge in [0.15, 0.2) is 5.82 Å². The summed E-state index contributed by atoms with van der Waals surface area (Å²) < 4.78 is 16.2. The fourth-order valence-electron chi connectivity index (χ4n) is 5.64. The maximum atomic E-state index is 15.7. The van der Waals surface area contributed by atoms with Crippen LogP contribution in [0.2, 0.25) is 0 Å². The third kappa shape index (κ3) is 5.31. The highest BCUT2D eigenvalue weighted by Crippen LogP contribution is 2.40. The lowest BCUT2D eigenvalue weighted by atomic mass is 9.89. The fraction of sp³-hybridized carbons (Fsp3) is 0.500. The Morgan fingerprint density at radius 1 is 1.06 bits per heavy atom. The second kappa shape index (κ2) is 10.8. The highest BCUT2D eigenvalue weighted by molar-refractivity contribution is 9.10. The Kier molecular flexibility index (Phi) is 7.96. The number of hydrogen-bond donors (Lipinski definition) is 1. The summed E-state index contributed by atoms with van der Waals surface area (Å²) in [6.07, 6.45) is 6.20. The summed E-state index contributed by atoms with van der Waals surface area (Å²) in [4.78, 5) is 13.9. The molecule has 0 radical (unpaired) electrons. The van der Waals surface area contributed by atoms with Gasteiger partial charge in [0.25, 0.3) is 0 Å². The Morgan fingerprint density at radius 3 is 2.37 bits per heavy atom. The average Bonchev–Trinajstić information content (AvgIpc) is 2.81. The second-order valence-electron chi connectivity index (χ2n) is 9.99. The molecule has 1 aliphatic carbocycles. The van der Waals surface area contributed by atoms with Crippen molar-refractivity contribution in [2.75, 3.05) is 30.9 Å². The molecule has 0 amide bonds. The molecule has 5 nitrogen and oxygen atoms in total. The van der Waals surface area contributed by atoms with E-state index >= 15 is 4.39 Å². The predicted molar refractivity (Wildman–Crippen MR) is 148 cm³/mol. The molecule has 35 heavy (non-hydrogen) atoms. The number of anilines is 2. The molecule has 1 saturated carbocycles. The fourth-order valence-corrected chi connectivity index (χ4v) is 6.06. The second-order valence-corrected chi connectivity index (χ2v) is 10.8. The van der Waals surface area contributed by atoms with Crippen LogP contribution >= 0.6 is 15.9 Å². The van der Waals surface area contributed by atoms with Crippen LogP contribution in [0, 0.1) is 26.6 Å². The van der Waals surface area contributed by atoms with Crippen LogP contribution < -0.4 is 10.2 Å². The first-order valence-corrected chi connectivity index (χ1v) is 13.4. The van der Waals surface area contributed by atoms with Gasteiger partial charge < -0.3 is 15.1 Å². The van der Waals surface area contributed by atoms with E-state index in [9.17, 15) is 0 Å². The monoisotopic (exact) mass is 541 g/mol. The van der Waals surface area contributed by atoms with Crippen LogP contribution in [0.5, 0.6) is 0 Å². The molecule has 2 heterocycles. The number of aromatic nitrogens is 2. The third-order valence-electron chi connectivity index (χ3n) is 7.51. The minimum Gasteiger partial charge on any atom is -0.366 e. The summed E-state index contributed by atoms with van der Waals surface area (Å²) >= 11 is 3.50. The number of rotatable bonds is 7. The minimum atomic E-state index is -0.194. The van der Waals surface area contributed by atoms with E-state index in [2.05, 4.69) is 75.0 Å². The Morgan fingerprint density at radius 2 is 1.74 bits per heavy atom. The number of nitrogens with one attached hydrogen (secondary N) is 1. The Labute approximate surface area is 217 Å². The van der Waals surface area contributed by atoms with Gasteiger partial charge in [-0.05, 0) is 113 Å². The van der Waals surface area contributed by atoms with E-state index in [1.165, 1.54) is 11.1 Å². The van der Waals surface area contributed by atoms with Crippen LogP contribution in [0.4, 0.5) is 15.9 Å². The number of halogens is 2. The molecule has 1 aliphatic rings. The van der Waals surface area contributed by atoms with Crippen LogP contribution in [-0.2, 0) is 6.54 Å². The molecule has 0 unspecified atom stereocenters. The standard InChI is InChI=1S/C28H37BrFN5/c1-7-35(21-10-8-20(9-11-21)34(5)6)27-22-12-13-31-28(23(22)15-25(29)26(27)30)32-16-24-17(2)14-18(3)33-19(24)4/h12-15,20-21H,7-11,16H2,1-6H3,(H,31,32). The van der Waals surface area contributed by atoms with E-state index in [4.69, 9.17) is 0 Å². The zero-order valence-corrected chi connectivity index (χ0v) is 23.3. The van der Waals surface area contributed by atoms with Gasteiger partial charge in [0.1, 0.15) is 5.82 Å². The van der Waals surface area contributed by atoms with Crippen molar-refractivity contribution in [1.29, 1.82) is 0 Å². The number of fused-ring (bicyclic) bond motifs is 1. The zero-order valence-electron chi connectivity index (χ0n) is 21.8. The lowest BCUT2D eigenvalue weighted by Gasteiger charge is -2.40. The molecule has 0 spiro atoms. The minimum absolute atomic E-state index is 0.194. The third-order valence-corrected chi connectivity index (χ3v) is 8.09. The van der Waals surface area contributed by atoms with Crippen LogP contribution in [0.25, 0.3) is 10.8 Å². The van der Waals surface area contributed by atoms with Gasteiger partial charge in [-0.2, -0.15) is 0 Å². The average molecular weight is 543 g/mol. The number of hydrogen-bond acceptors (Lipinski definition) is 5. The van der Waals surface area contributed by atoms with Gasteiger partial charge >= 0.3 is 0 Å². The van der Waals surface area contributed by atoms with Gasteiger partial charge in [-0.1, -0.05) is 0 Å². The highest BCUT2D eigenvalue weighted by atomic mass is 79.9. The molecule has 0 aliphatic heterocycles. The van der Waals surface area contributed by atoms with Crippen molar-refractivity contribution < 1.29 is 4.39 Å². The molecule has 1 aromatic carbocycles. The quantitative estimate of drug-likeness (QED) is 0.357. The molecule has 7 heteroatoms. The molecule has 0 bridgehead atoms. The first-order chi connectivity index (χ1) is 16.7. The normalized spacial score (nSPS) is 18.3. The molecule has 0 saturated heterocycles. The van der Waals surface area contributed by atoms with Crippen molar-refractivity contribution in [3.8, 4) is 0 Å². The number of aryl methyl sites for hydroxylation is 3. The highest BCUT2D eigenvalue weighted by Gasteiger charge is 2.29. The smallest absolute Gasteiger partial charge is 0.161 e. The molecule has 4 rings (SSSR count). The molecule has 3 aromatic rings. The van der Waals surface area contributed by atoms with E-state index in [-0.39, 0.29) is 5.82 Å². The molecule has 1 fully saturated rings. The lowest BCUT2D eigenvalue weighted by molar-refractivity contribution is 0.214. The van der Waals surface area contributed by atoms with Gasteiger partial charge in [0.2, 0.25) is 0 Å². The van der Waals surface area contributed by atoms with Crippen molar-refractivity contribution in [1.82, 2.24) is 14.9 Å². The molecule has 0 atom stereocenters. The summed E-state index contributed by atoms with van der Waals surface area (Å²) in [6, 6.07) is 6.85. The Bertz CT molecular complexity index is 1180. The van der Waals surface area contributed by atoms with Gasteiger partial charge in [-0.25, -0.2) is 9.37 Å². The first kappa shape index (κ1) is 25.8. The van der Waals surface area contributed by atoms with Crippen LogP contribution in [0.15, 0.2) is 28.9 Å². The summed E-state index contributed by atoms with van der Waals surface area (Å²) in [7, 11) is 4.31. The summed E-state index contributed by atoms with van der Waals surface area (Å²) in [5, 5.41) is 5.34. The van der Waals surface area contributed by atoms with Crippen LogP contribution in [0.3, 0.4) is 0 Å². The molecular formula is C28H37BrFN5. The topological polar surface area (TPSA) is 44.3 Å². The molecule has 2 aromatic heterocycles. The van der Waals surface area contributed by atoms with Gasteiger partial charge in [-0.3, -0.25) is 4.98 Å². The summed E-state index contributed by atoms with van der Waals surface area (Å²) in [5.74, 6) is 0.567. The van der Waals surface area contributed by atoms with Crippen molar-refractivity contribution in [3.05, 3.63) is 57.2 Å². The number of nitrogens with zero attached hydrogens (tertiary/aromatic N) is 4. The van der Waals surface area contributed by atoms with Gasteiger partial charge in [0, 0.05) is 53.5 Å². The number of pyridine rings is 2. The van der Waals surface area contributed by atoms with Crippen molar-refractivity contribution in [2.24, 2.45) is 0 Å². The predicted octanol–water partition coefficient (Wildman–Crippen LogP) is 6.77. The first-order valence-electron chi connectivity index (χ1n) is 12.6. The van der Waals surface area contributed by atoms with E-state index in [1.54, 1.807) is 6.20 Å².